The summed E-state index contributed by atoms with van der Waals surface area (Å²) in [6.45, 7) is 9.21. The number of carbonyl (C=O) groups is 2. The van der Waals surface area contributed by atoms with E-state index in [4.69, 9.17) is 0 Å². The highest BCUT2D eigenvalue weighted by Gasteiger charge is 2.30. The van der Waals surface area contributed by atoms with Gasteiger partial charge < -0.3 is 10.2 Å². The maximum Gasteiger partial charge on any atom is 0.244 e. The van der Waals surface area contributed by atoms with E-state index in [2.05, 4.69) is 5.32 Å². The summed E-state index contributed by atoms with van der Waals surface area (Å²) in [5.41, 5.74) is 3.33. The Morgan fingerprint density at radius 1 is 0.939 bits per heavy atom. The van der Waals surface area contributed by atoms with Gasteiger partial charge in [0, 0.05) is 12.6 Å². The molecule has 0 aliphatic carbocycles. The van der Waals surface area contributed by atoms with Crippen molar-refractivity contribution >= 4 is 27.5 Å². The highest BCUT2D eigenvalue weighted by atomic mass is 32.2. The molecule has 0 heterocycles. The van der Waals surface area contributed by atoms with Crippen LogP contribution in [0.3, 0.4) is 0 Å². The zero-order valence-corrected chi connectivity index (χ0v) is 21.1. The molecule has 0 saturated heterocycles. The molecule has 180 valence electrons. The van der Waals surface area contributed by atoms with Gasteiger partial charge in [-0.05, 0) is 51.8 Å². The minimum atomic E-state index is -3.72. The Morgan fingerprint density at radius 3 is 1.94 bits per heavy atom. The molecule has 0 unspecified atom stereocenters. The number of hydrogen-bond acceptors (Lipinski definition) is 4. The highest BCUT2D eigenvalue weighted by Crippen LogP contribution is 2.20. The number of nitrogens with zero attached hydrogens (tertiary/aromatic N) is 2. The summed E-state index contributed by atoms with van der Waals surface area (Å²) in [5, 5.41) is 2.92. The molecule has 0 radical (unpaired) electrons. The number of carbonyl (C=O) groups excluding carboxylic acids is 2. The minimum absolute atomic E-state index is 0.0312. The average Bonchev–Trinajstić information content (AvgIpc) is 2.76. The first-order valence-electron chi connectivity index (χ1n) is 11.1. The highest BCUT2D eigenvalue weighted by molar-refractivity contribution is 7.92. The van der Waals surface area contributed by atoms with Crippen LogP contribution < -0.4 is 9.62 Å². The average molecular weight is 474 g/mol. The molecule has 33 heavy (non-hydrogen) atoms. The van der Waals surface area contributed by atoms with E-state index < -0.39 is 28.5 Å². The van der Waals surface area contributed by atoms with Gasteiger partial charge in [0.25, 0.3) is 0 Å². The van der Waals surface area contributed by atoms with Crippen molar-refractivity contribution in [3.63, 3.8) is 0 Å². The Morgan fingerprint density at radius 2 is 1.45 bits per heavy atom. The first-order chi connectivity index (χ1) is 15.4. The van der Waals surface area contributed by atoms with Gasteiger partial charge in [-0.3, -0.25) is 13.9 Å². The van der Waals surface area contributed by atoms with Crippen molar-refractivity contribution in [2.45, 2.75) is 59.7 Å². The van der Waals surface area contributed by atoms with Crippen LogP contribution in [0.25, 0.3) is 0 Å². The molecule has 0 aliphatic rings. The zero-order valence-electron chi connectivity index (χ0n) is 20.3. The van der Waals surface area contributed by atoms with Crippen molar-refractivity contribution < 1.29 is 18.0 Å². The Kier molecular flexibility index (Phi) is 9.05. The minimum Gasteiger partial charge on any atom is -0.352 e. The van der Waals surface area contributed by atoms with Crippen LogP contribution in [0.2, 0.25) is 0 Å². The Bertz CT molecular complexity index is 1050. The number of amides is 2. The van der Waals surface area contributed by atoms with E-state index in [1.54, 1.807) is 31.2 Å². The number of anilines is 1. The largest absolute Gasteiger partial charge is 0.352 e. The molecule has 0 fully saturated rings. The molecule has 8 heteroatoms. The van der Waals surface area contributed by atoms with Gasteiger partial charge in [0.2, 0.25) is 21.8 Å². The number of rotatable bonds is 10. The first-order valence-corrected chi connectivity index (χ1v) is 13.0. The topological polar surface area (TPSA) is 86.8 Å². The molecular weight excluding hydrogens is 438 g/mol. The molecule has 0 aromatic heterocycles. The fraction of sp³-hybridized carbons (Fsp3) is 0.440. The Hall–Kier alpha value is -2.87. The van der Waals surface area contributed by atoms with Gasteiger partial charge in [-0.1, -0.05) is 54.4 Å². The van der Waals surface area contributed by atoms with Crippen LogP contribution in [0, 0.1) is 13.8 Å². The standard InChI is InChI=1S/C25H35N3O4S/c1-7-20(4)26-25(30)21(5)27(16-22-12-8-18(2)9-13-22)24(29)17-28(33(6,31)32)23-14-10-19(3)11-15-23/h8-15,20-21H,7,16-17H2,1-6H3,(H,26,30)/t20-,21+/m0/s1. The monoisotopic (exact) mass is 473 g/mol. The summed E-state index contributed by atoms with van der Waals surface area (Å²) in [5.74, 6) is -0.723. The number of hydrogen-bond donors (Lipinski definition) is 1. The lowest BCUT2D eigenvalue weighted by Crippen LogP contribution is -2.52. The third-order valence-corrected chi connectivity index (χ3v) is 6.78. The molecule has 0 aliphatic heterocycles. The summed E-state index contributed by atoms with van der Waals surface area (Å²) in [6, 6.07) is 13.8. The lowest BCUT2D eigenvalue weighted by Gasteiger charge is -2.32. The van der Waals surface area contributed by atoms with Crippen molar-refractivity contribution in [1.82, 2.24) is 10.2 Å². The normalized spacial score (nSPS) is 13.2. The second kappa shape index (κ2) is 11.3. The Balaban J connectivity index is 2.36. The molecule has 2 rings (SSSR count). The van der Waals surface area contributed by atoms with Gasteiger partial charge in [0.05, 0.1) is 11.9 Å². The molecule has 2 atom stereocenters. The predicted octanol–water partition coefficient (Wildman–Crippen LogP) is 3.40. The molecule has 0 bridgehead atoms. The van der Waals surface area contributed by atoms with Gasteiger partial charge in [0.1, 0.15) is 12.6 Å². The van der Waals surface area contributed by atoms with Crippen LogP contribution in [0.15, 0.2) is 48.5 Å². The van der Waals surface area contributed by atoms with E-state index >= 15 is 0 Å². The molecular formula is C25H35N3O4S. The second-order valence-corrected chi connectivity index (χ2v) is 10.5. The van der Waals surface area contributed by atoms with Crippen molar-refractivity contribution in [3.05, 3.63) is 65.2 Å². The maximum absolute atomic E-state index is 13.5. The van der Waals surface area contributed by atoms with Crippen LogP contribution in [0.1, 0.15) is 43.9 Å². The van der Waals surface area contributed by atoms with Gasteiger partial charge in [-0.25, -0.2) is 8.42 Å². The molecule has 2 amide bonds. The number of nitrogens with one attached hydrogen (secondary N) is 1. The molecule has 7 nitrogen and oxygen atoms in total. The van der Waals surface area contributed by atoms with Gasteiger partial charge in [0.15, 0.2) is 0 Å². The van der Waals surface area contributed by atoms with E-state index in [9.17, 15) is 18.0 Å². The lowest BCUT2D eigenvalue weighted by atomic mass is 10.1. The fourth-order valence-electron chi connectivity index (χ4n) is 3.26. The van der Waals surface area contributed by atoms with Crippen LogP contribution in [0.5, 0.6) is 0 Å². The van der Waals surface area contributed by atoms with Gasteiger partial charge in [-0.15, -0.1) is 0 Å². The molecule has 2 aromatic rings. The van der Waals surface area contributed by atoms with E-state index in [-0.39, 0.29) is 18.5 Å². The number of benzene rings is 2. The first kappa shape index (κ1) is 26.4. The van der Waals surface area contributed by atoms with E-state index in [1.165, 1.54) is 4.90 Å². The number of aryl methyl sites for hydroxylation is 2. The van der Waals surface area contributed by atoms with Gasteiger partial charge in [-0.2, -0.15) is 0 Å². The van der Waals surface area contributed by atoms with Gasteiger partial charge >= 0.3 is 0 Å². The van der Waals surface area contributed by atoms with Crippen molar-refractivity contribution in [2.24, 2.45) is 0 Å². The lowest BCUT2D eigenvalue weighted by molar-refractivity contribution is -0.139. The molecule has 1 N–H and O–H groups in total. The van der Waals surface area contributed by atoms with E-state index in [1.807, 2.05) is 52.0 Å². The zero-order chi connectivity index (χ0) is 24.8. The summed E-state index contributed by atoms with van der Waals surface area (Å²) >= 11 is 0. The van der Waals surface area contributed by atoms with E-state index in [0.29, 0.717) is 5.69 Å². The van der Waals surface area contributed by atoms with Crippen LogP contribution in [-0.4, -0.2) is 50.0 Å². The smallest absolute Gasteiger partial charge is 0.244 e. The summed E-state index contributed by atoms with van der Waals surface area (Å²) < 4.78 is 26.1. The molecule has 0 spiro atoms. The molecule has 2 aromatic carbocycles. The second-order valence-electron chi connectivity index (χ2n) is 8.61. The Labute approximate surface area is 197 Å². The maximum atomic E-state index is 13.5. The SMILES string of the molecule is CC[C@H](C)NC(=O)[C@@H](C)N(Cc1ccc(C)cc1)C(=O)CN(c1ccc(C)cc1)S(C)(=O)=O. The summed E-state index contributed by atoms with van der Waals surface area (Å²) in [6.07, 6.45) is 1.84. The number of sulfonamides is 1. The summed E-state index contributed by atoms with van der Waals surface area (Å²) in [7, 11) is -3.72. The third kappa shape index (κ3) is 7.60. The van der Waals surface area contributed by atoms with Crippen molar-refractivity contribution in [3.8, 4) is 0 Å². The molecule has 0 saturated carbocycles. The van der Waals surface area contributed by atoms with Crippen LogP contribution in [0.4, 0.5) is 5.69 Å². The third-order valence-electron chi connectivity index (χ3n) is 5.64. The van der Waals surface area contributed by atoms with Crippen molar-refractivity contribution in [1.29, 1.82) is 0 Å². The van der Waals surface area contributed by atoms with Crippen molar-refractivity contribution in [2.75, 3.05) is 17.1 Å². The summed E-state index contributed by atoms with van der Waals surface area (Å²) in [4.78, 5) is 27.7. The van der Waals surface area contributed by atoms with E-state index in [0.717, 1.165) is 33.7 Å². The fourth-order valence-corrected chi connectivity index (χ4v) is 4.11. The predicted molar refractivity (Wildman–Crippen MR) is 132 cm³/mol. The quantitative estimate of drug-likeness (QED) is 0.573. The van der Waals surface area contributed by atoms with Crippen LogP contribution >= 0.6 is 0 Å². The van der Waals surface area contributed by atoms with Crippen LogP contribution in [-0.2, 0) is 26.2 Å².